The highest BCUT2D eigenvalue weighted by Crippen LogP contribution is 2.38. The summed E-state index contributed by atoms with van der Waals surface area (Å²) in [6, 6.07) is 10.7. The van der Waals surface area contributed by atoms with Crippen molar-refractivity contribution in [2.45, 2.75) is 58.0 Å². The van der Waals surface area contributed by atoms with E-state index in [9.17, 15) is 0 Å². The molecule has 3 nitrogen and oxygen atoms in total. The van der Waals surface area contributed by atoms with Crippen LogP contribution in [0.25, 0.3) is 0 Å². The minimum atomic E-state index is -1.72. The second-order valence-corrected chi connectivity index (χ2v) is 13.3. The summed E-state index contributed by atoms with van der Waals surface area (Å²) in [6.45, 7) is 15.5. The summed E-state index contributed by atoms with van der Waals surface area (Å²) in [5.41, 5.74) is 7.37. The van der Waals surface area contributed by atoms with Gasteiger partial charge in [-0.15, -0.1) is 0 Å². The summed E-state index contributed by atoms with van der Waals surface area (Å²) in [4.78, 5) is 2.52. The molecule has 1 fully saturated rings. The monoisotopic (exact) mass is 334 g/mol. The van der Waals surface area contributed by atoms with Gasteiger partial charge in [0.15, 0.2) is 8.32 Å². The van der Waals surface area contributed by atoms with E-state index in [1.54, 1.807) is 0 Å². The van der Waals surface area contributed by atoms with Gasteiger partial charge < -0.3 is 10.2 Å². The fraction of sp³-hybridized carbons (Fsp3) is 0.684. The molecule has 4 heteroatoms. The van der Waals surface area contributed by atoms with Gasteiger partial charge in [-0.3, -0.25) is 4.90 Å². The van der Waals surface area contributed by atoms with Gasteiger partial charge in [-0.2, -0.15) is 0 Å². The summed E-state index contributed by atoms with van der Waals surface area (Å²) in [6.07, 6.45) is 1.43. The Bertz CT molecular complexity index is 484. The Morgan fingerprint density at radius 2 is 1.83 bits per heavy atom. The molecule has 1 heterocycles. The first-order chi connectivity index (χ1) is 10.7. The van der Waals surface area contributed by atoms with Gasteiger partial charge in [0.2, 0.25) is 0 Å². The van der Waals surface area contributed by atoms with Crippen molar-refractivity contribution < 1.29 is 4.43 Å². The van der Waals surface area contributed by atoms with Crippen LogP contribution in [-0.4, -0.2) is 39.0 Å². The Balaban J connectivity index is 2.03. The van der Waals surface area contributed by atoms with Crippen molar-refractivity contribution in [2.75, 3.05) is 19.6 Å². The summed E-state index contributed by atoms with van der Waals surface area (Å²) >= 11 is 0. The fourth-order valence-corrected chi connectivity index (χ4v) is 4.43. The number of hydrogen-bond acceptors (Lipinski definition) is 3. The molecule has 2 N–H and O–H groups in total. The fourth-order valence-electron chi connectivity index (χ4n) is 3.07. The molecule has 1 aliphatic rings. The number of piperidine rings is 1. The van der Waals surface area contributed by atoms with E-state index in [2.05, 4.69) is 69.1 Å². The van der Waals surface area contributed by atoms with Crippen molar-refractivity contribution in [3.63, 3.8) is 0 Å². The average molecular weight is 335 g/mol. The van der Waals surface area contributed by atoms with Crippen molar-refractivity contribution in [2.24, 2.45) is 11.7 Å². The van der Waals surface area contributed by atoms with Crippen molar-refractivity contribution in [3.8, 4) is 0 Å². The van der Waals surface area contributed by atoms with Gasteiger partial charge >= 0.3 is 0 Å². The van der Waals surface area contributed by atoms with Crippen LogP contribution in [0.1, 0.15) is 32.8 Å². The Morgan fingerprint density at radius 3 is 2.39 bits per heavy atom. The van der Waals surface area contributed by atoms with E-state index in [1.165, 1.54) is 5.56 Å². The Labute approximate surface area is 143 Å². The van der Waals surface area contributed by atoms with Crippen LogP contribution in [-0.2, 0) is 11.0 Å². The van der Waals surface area contributed by atoms with Gasteiger partial charge in [0, 0.05) is 19.6 Å². The van der Waals surface area contributed by atoms with E-state index >= 15 is 0 Å². The Hall–Kier alpha value is -0.683. The van der Waals surface area contributed by atoms with Crippen LogP contribution in [0.15, 0.2) is 30.3 Å². The minimum absolute atomic E-state index is 0.257. The van der Waals surface area contributed by atoms with Gasteiger partial charge in [0.05, 0.1) is 6.10 Å². The van der Waals surface area contributed by atoms with Crippen molar-refractivity contribution >= 4 is 8.32 Å². The molecule has 2 atom stereocenters. The Morgan fingerprint density at radius 1 is 1.17 bits per heavy atom. The first-order valence-electron chi connectivity index (χ1n) is 8.85. The minimum Gasteiger partial charge on any atom is -0.413 e. The molecular formula is C19H34N2OSi. The third kappa shape index (κ3) is 5.15. The van der Waals surface area contributed by atoms with E-state index in [-0.39, 0.29) is 5.04 Å². The number of nitrogens with two attached hydrogens (primary N) is 1. The van der Waals surface area contributed by atoms with Crippen molar-refractivity contribution in [1.29, 1.82) is 0 Å². The van der Waals surface area contributed by atoms with E-state index < -0.39 is 8.32 Å². The van der Waals surface area contributed by atoms with Gasteiger partial charge in [-0.25, -0.2) is 0 Å². The highest BCUT2D eigenvalue weighted by Gasteiger charge is 2.40. The third-order valence-electron chi connectivity index (χ3n) is 5.42. The molecule has 0 aromatic heterocycles. The molecule has 130 valence electrons. The molecule has 0 bridgehead atoms. The van der Waals surface area contributed by atoms with Crippen LogP contribution >= 0.6 is 0 Å². The maximum absolute atomic E-state index is 6.68. The third-order valence-corrected chi connectivity index (χ3v) is 9.96. The lowest BCUT2D eigenvalue weighted by Crippen LogP contribution is -2.51. The highest BCUT2D eigenvalue weighted by molar-refractivity contribution is 6.74. The number of benzene rings is 1. The summed E-state index contributed by atoms with van der Waals surface area (Å²) in [5, 5.41) is 0.257. The zero-order valence-corrected chi connectivity index (χ0v) is 16.5. The first kappa shape index (κ1) is 18.7. The summed E-state index contributed by atoms with van der Waals surface area (Å²) in [5.74, 6) is 0.544. The first-order valence-corrected chi connectivity index (χ1v) is 11.8. The molecule has 0 amide bonds. The Kier molecular flexibility index (Phi) is 6.06. The molecule has 0 saturated carbocycles. The predicted octanol–water partition coefficient (Wildman–Crippen LogP) is 3.86. The molecule has 0 aliphatic carbocycles. The van der Waals surface area contributed by atoms with Crippen LogP contribution in [0.5, 0.6) is 0 Å². The smallest absolute Gasteiger partial charge is 0.192 e. The largest absolute Gasteiger partial charge is 0.413 e. The van der Waals surface area contributed by atoms with Crippen LogP contribution < -0.4 is 5.73 Å². The van der Waals surface area contributed by atoms with E-state index in [1.807, 2.05) is 0 Å². The molecule has 0 radical (unpaired) electrons. The molecule has 0 spiro atoms. The molecule has 2 rings (SSSR count). The molecule has 1 aromatic rings. The molecule has 23 heavy (non-hydrogen) atoms. The summed E-state index contributed by atoms with van der Waals surface area (Å²) < 4.78 is 6.68. The second-order valence-electron chi connectivity index (χ2n) is 8.52. The van der Waals surface area contributed by atoms with Crippen LogP contribution in [0.3, 0.4) is 0 Å². The molecule has 1 aromatic carbocycles. The molecular weight excluding hydrogens is 300 g/mol. The lowest BCUT2D eigenvalue weighted by Gasteiger charge is -2.44. The van der Waals surface area contributed by atoms with Crippen molar-refractivity contribution in [3.05, 3.63) is 35.9 Å². The van der Waals surface area contributed by atoms with E-state index in [4.69, 9.17) is 10.2 Å². The van der Waals surface area contributed by atoms with Crippen molar-refractivity contribution in [1.82, 2.24) is 4.90 Å². The normalized spacial score (nSPS) is 23.9. The van der Waals surface area contributed by atoms with E-state index in [0.29, 0.717) is 12.0 Å². The zero-order valence-electron chi connectivity index (χ0n) is 15.5. The molecule has 1 saturated heterocycles. The number of hydrogen-bond donors (Lipinski definition) is 1. The van der Waals surface area contributed by atoms with Crippen LogP contribution in [0.4, 0.5) is 0 Å². The number of rotatable bonds is 5. The number of likely N-dealkylation sites (tertiary alicyclic amines) is 1. The van der Waals surface area contributed by atoms with Crippen LogP contribution in [0.2, 0.25) is 18.1 Å². The topological polar surface area (TPSA) is 38.5 Å². The van der Waals surface area contributed by atoms with E-state index in [0.717, 1.165) is 32.6 Å². The molecule has 0 unspecified atom stereocenters. The van der Waals surface area contributed by atoms with Gasteiger partial charge in [0.1, 0.15) is 0 Å². The zero-order chi connectivity index (χ0) is 17.1. The maximum Gasteiger partial charge on any atom is 0.192 e. The predicted molar refractivity (Wildman–Crippen MR) is 101 cm³/mol. The molecule has 1 aliphatic heterocycles. The van der Waals surface area contributed by atoms with Gasteiger partial charge in [-0.05, 0) is 42.6 Å². The average Bonchev–Trinajstić information content (AvgIpc) is 2.46. The SMILES string of the molecule is CC(C)(C)[Si](C)(C)O[C@@H]1C[C@@H](CN)CN(Cc2ccccc2)C1. The van der Waals surface area contributed by atoms with Crippen LogP contribution in [0, 0.1) is 5.92 Å². The van der Waals surface area contributed by atoms with Gasteiger partial charge in [-0.1, -0.05) is 51.1 Å². The summed E-state index contributed by atoms with van der Waals surface area (Å²) in [7, 11) is -1.72. The number of nitrogens with zero attached hydrogens (tertiary/aromatic N) is 1. The maximum atomic E-state index is 6.68. The highest BCUT2D eigenvalue weighted by atomic mass is 28.4. The lowest BCUT2D eigenvalue weighted by atomic mass is 9.96. The standard InChI is InChI=1S/C19H34N2OSi/c1-19(2,3)23(4,5)22-18-11-17(12-20)14-21(15-18)13-16-9-7-6-8-10-16/h6-10,17-18H,11-15,20H2,1-5H3/t17-,18+/m0/s1. The lowest BCUT2D eigenvalue weighted by molar-refractivity contribution is 0.0452. The second kappa shape index (κ2) is 7.47. The van der Waals surface area contributed by atoms with Gasteiger partial charge in [0.25, 0.3) is 0 Å². The quantitative estimate of drug-likeness (QED) is 0.831.